The molecule has 2 aromatic carbocycles. The van der Waals surface area contributed by atoms with Crippen LogP contribution in [0.15, 0.2) is 48.5 Å². The molecule has 2 atom stereocenters. The van der Waals surface area contributed by atoms with Gasteiger partial charge in [-0.05, 0) is 41.7 Å². The van der Waals surface area contributed by atoms with Crippen LogP contribution < -0.4 is 5.32 Å². The Balaban J connectivity index is 1.61. The molecule has 126 valence electrons. The molecule has 0 spiro atoms. The molecule has 3 rings (SSSR count). The van der Waals surface area contributed by atoms with E-state index in [2.05, 4.69) is 5.32 Å². The second kappa shape index (κ2) is 7.77. The van der Waals surface area contributed by atoms with Crippen molar-refractivity contribution < 1.29 is 4.79 Å². The molecule has 0 heterocycles. The van der Waals surface area contributed by atoms with Gasteiger partial charge in [0.05, 0.1) is 5.92 Å². The number of fused-ring (bicyclic) bond motifs is 1. The first-order valence-corrected chi connectivity index (χ1v) is 9.19. The van der Waals surface area contributed by atoms with E-state index in [1.807, 2.05) is 48.5 Å². The number of carbonyl (C=O) groups is 1. The number of rotatable bonds is 5. The zero-order valence-corrected chi connectivity index (χ0v) is 15.3. The summed E-state index contributed by atoms with van der Waals surface area (Å²) >= 11 is 18.2. The van der Waals surface area contributed by atoms with Crippen LogP contribution in [-0.4, -0.2) is 17.3 Å². The molecule has 0 unspecified atom stereocenters. The van der Waals surface area contributed by atoms with Gasteiger partial charge in [0.1, 0.15) is 4.84 Å². The molecule has 2 aromatic rings. The molecule has 1 N–H and O–H groups in total. The summed E-state index contributed by atoms with van der Waals surface area (Å²) in [6.07, 6.45) is 1.45. The first-order chi connectivity index (χ1) is 11.6. The summed E-state index contributed by atoms with van der Waals surface area (Å²) in [6, 6.07) is 15.6. The first-order valence-electron chi connectivity index (χ1n) is 7.94. The first kappa shape index (κ1) is 17.6. The van der Waals surface area contributed by atoms with Gasteiger partial charge in [-0.1, -0.05) is 48.0 Å². The number of hydrogen-bond acceptors (Lipinski definition) is 1. The van der Waals surface area contributed by atoms with E-state index in [-0.39, 0.29) is 17.7 Å². The maximum absolute atomic E-state index is 12.6. The van der Waals surface area contributed by atoms with Crippen molar-refractivity contribution in [1.82, 2.24) is 5.32 Å². The van der Waals surface area contributed by atoms with Crippen LogP contribution in [0, 0.1) is 5.92 Å². The Hall–Kier alpha value is -1.22. The molecule has 0 saturated heterocycles. The van der Waals surface area contributed by atoms with E-state index in [1.54, 1.807) is 0 Å². The molecule has 0 bridgehead atoms. The summed E-state index contributed by atoms with van der Waals surface area (Å²) in [5.74, 6) is -0.357. The number of nitrogens with one attached hydrogen (secondary N) is 1. The predicted molar refractivity (Wildman–Crippen MR) is 100 cm³/mol. The lowest BCUT2D eigenvalue weighted by Gasteiger charge is -2.21. The Morgan fingerprint density at radius 2 is 1.83 bits per heavy atom. The zero-order valence-electron chi connectivity index (χ0n) is 13.0. The van der Waals surface area contributed by atoms with Crippen LogP contribution >= 0.6 is 34.8 Å². The number of alkyl halides is 2. The fraction of sp³-hybridized carbons (Fsp3) is 0.316. The average Bonchev–Trinajstić information content (AvgIpc) is 2.96. The predicted octanol–water partition coefficient (Wildman–Crippen LogP) is 4.76. The van der Waals surface area contributed by atoms with E-state index in [1.165, 1.54) is 0 Å². The lowest BCUT2D eigenvalue weighted by Crippen LogP contribution is -2.35. The normalized spacial score (nSPS) is 19.3. The third-order valence-electron chi connectivity index (χ3n) is 4.52. The van der Waals surface area contributed by atoms with Crippen molar-refractivity contribution in [3.63, 3.8) is 0 Å². The van der Waals surface area contributed by atoms with E-state index < -0.39 is 4.84 Å². The molecule has 0 aromatic heterocycles. The molecule has 1 amide bonds. The summed E-state index contributed by atoms with van der Waals surface area (Å²) in [5, 5.41) is 3.73. The number of hydrogen-bond donors (Lipinski definition) is 1. The van der Waals surface area contributed by atoms with E-state index in [4.69, 9.17) is 34.8 Å². The molecule has 0 aliphatic heterocycles. The van der Waals surface area contributed by atoms with Crippen molar-refractivity contribution in [3.05, 3.63) is 70.2 Å². The van der Waals surface area contributed by atoms with Crippen LogP contribution in [0.5, 0.6) is 0 Å². The highest BCUT2D eigenvalue weighted by Crippen LogP contribution is 2.43. The van der Waals surface area contributed by atoms with Crippen molar-refractivity contribution >= 4 is 40.7 Å². The Labute approximate surface area is 157 Å². The minimum atomic E-state index is -0.597. The minimum absolute atomic E-state index is 0.0106. The number of amides is 1. The molecule has 1 aliphatic rings. The molecule has 24 heavy (non-hydrogen) atoms. The zero-order chi connectivity index (χ0) is 17.1. The van der Waals surface area contributed by atoms with Crippen molar-refractivity contribution in [2.24, 2.45) is 5.92 Å². The van der Waals surface area contributed by atoms with Gasteiger partial charge in [-0.15, -0.1) is 23.2 Å². The van der Waals surface area contributed by atoms with Gasteiger partial charge in [-0.25, -0.2) is 0 Å². The van der Waals surface area contributed by atoms with Crippen molar-refractivity contribution in [2.45, 2.75) is 23.6 Å². The van der Waals surface area contributed by atoms with Crippen LogP contribution in [0.1, 0.15) is 22.6 Å². The molecule has 0 saturated carbocycles. The maximum atomic E-state index is 12.6. The molecule has 0 fully saturated rings. The van der Waals surface area contributed by atoms with Gasteiger partial charge in [-0.2, -0.15) is 0 Å². The van der Waals surface area contributed by atoms with Gasteiger partial charge in [0, 0.05) is 17.5 Å². The van der Waals surface area contributed by atoms with E-state index >= 15 is 0 Å². The molecular formula is C19H18Cl3NO. The van der Waals surface area contributed by atoms with Gasteiger partial charge < -0.3 is 5.32 Å². The quantitative estimate of drug-likeness (QED) is 0.742. The maximum Gasteiger partial charge on any atom is 0.224 e. The lowest BCUT2D eigenvalue weighted by atomic mass is 9.93. The van der Waals surface area contributed by atoms with Crippen LogP contribution in [0.4, 0.5) is 0 Å². The highest BCUT2D eigenvalue weighted by molar-refractivity contribution is 6.45. The summed E-state index contributed by atoms with van der Waals surface area (Å²) in [5.41, 5.74) is 3.38. The smallest absolute Gasteiger partial charge is 0.224 e. The van der Waals surface area contributed by atoms with Crippen LogP contribution in [0.25, 0.3) is 0 Å². The van der Waals surface area contributed by atoms with Gasteiger partial charge in [0.2, 0.25) is 5.91 Å². The third-order valence-corrected chi connectivity index (χ3v) is 5.32. The van der Waals surface area contributed by atoms with Crippen molar-refractivity contribution in [1.29, 1.82) is 0 Å². The minimum Gasteiger partial charge on any atom is -0.356 e. The topological polar surface area (TPSA) is 29.1 Å². The number of halogens is 3. The highest BCUT2D eigenvalue weighted by Gasteiger charge is 2.40. The second-order valence-electron chi connectivity index (χ2n) is 6.04. The fourth-order valence-corrected chi connectivity index (χ4v) is 4.05. The fourth-order valence-electron chi connectivity index (χ4n) is 3.31. The Bertz CT molecular complexity index is 715. The molecule has 2 nitrogen and oxygen atoms in total. The Morgan fingerprint density at radius 3 is 2.54 bits per heavy atom. The number of benzene rings is 2. The van der Waals surface area contributed by atoms with Crippen LogP contribution in [0.3, 0.4) is 0 Å². The van der Waals surface area contributed by atoms with Gasteiger partial charge in [-0.3, -0.25) is 4.79 Å². The summed E-state index contributed by atoms with van der Waals surface area (Å²) < 4.78 is 0. The standard InChI is InChI=1S/C19H18Cl3NO/c20-14-7-5-12(6-8-14)9-10-23-19(24)16-11-13-3-1-2-4-15(13)17(16)18(21)22/h1-8,16-18H,9-11H2,(H,23,24)/t16-,17-/m0/s1. The largest absolute Gasteiger partial charge is 0.356 e. The average molecular weight is 383 g/mol. The van der Waals surface area contributed by atoms with Gasteiger partial charge >= 0.3 is 0 Å². The van der Waals surface area contributed by atoms with Crippen LogP contribution in [0.2, 0.25) is 5.02 Å². The van der Waals surface area contributed by atoms with Crippen LogP contribution in [-0.2, 0) is 17.6 Å². The van der Waals surface area contributed by atoms with Gasteiger partial charge in [0.25, 0.3) is 0 Å². The monoisotopic (exact) mass is 381 g/mol. The van der Waals surface area contributed by atoms with E-state index in [9.17, 15) is 4.79 Å². The third kappa shape index (κ3) is 3.88. The van der Waals surface area contributed by atoms with E-state index in [0.717, 1.165) is 23.1 Å². The van der Waals surface area contributed by atoms with E-state index in [0.29, 0.717) is 18.0 Å². The van der Waals surface area contributed by atoms with Crippen molar-refractivity contribution in [3.8, 4) is 0 Å². The Kier molecular flexibility index (Phi) is 5.70. The van der Waals surface area contributed by atoms with Crippen molar-refractivity contribution in [2.75, 3.05) is 6.54 Å². The van der Waals surface area contributed by atoms with Gasteiger partial charge in [0.15, 0.2) is 0 Å². The molecular weight excluding hydrogens is 365 g/mol. The molecule has 5 heteroatoms. The second-order valence-corrected chi connectivity index (χ2v) is 7.64. The lowest BCUT2D eigenvalue weighted by molar-refractivity contribution is -0.125. The number of carbonyl (C=O) groups excluding carboxylic acids is 1. The molecule has 1 aliphatic carbocycles. The summed E-state index contributed by atoms with van der Waals surface area (Å²) in [4.78, 5) is 12.0. The summed E-state index contributed by atoms with van der Waals surface area (Å²) in [6.45, 7) is 0.579. The SMILES string of the molecule is O=C(NCCc1ccc(Cl)cc1)[C@H]1Cc2ccccc2[C@@H]1C(Cl)Cl. The highest BCUT2D eigenvalue weighted by atomic mass is 35.5. The molecule has 0 radical (unpaired) electrons. The summed E-state index contributed by atoms with van der Waals surface area (Å²) in [7, 11) is 0. The Morgan fingerprint density at radius 1 is 1.12 bits per heavy atom.